The number of nitrogens with zero attached hydrogens (tertiary/aromatic N) is 2. The van der Waals surface area contributed by atoms with Gasteiger partial charge >= 0.3 is 12.1 Å². The van der Waals surface area contributed by atoms with E-state index in [4.69, 9.17) is 16.7 Å². The fourth-order valence-electron chi connectivity index (χ4n) is 3.26. The number of aromatic nitrogens is 2. The van der Waals surface area contributed by atoms with E-state index < -0.39 is 17.8 Å². The average molecular weight is 477 g/mol. The second kappa shape index (κ2) is 8.80. The average Bonchev–Trinajstić information content (AvgIpc) is 3.40. The van der Waals surface area contributed by atoms with Crippen molar-refractivity contribution in [3.63, 3.8) is 0 Å². The van der Waals surface area contributed by atoms with Gasteiger partial charge in [0.15, 0.2) is 5.69 Å². The van der Waals surface area contributed by atoms with E-state index in [0.29, 0.717) is 17.0 Å². The minimum atomic E-state index is -4.60. The molecule has 0 atom stereocenters. The molecule has 0 aliphatic carbocycles. The lowest BCUT2D eigenvalue weighted by Crippen LogP contribution is -2.07. The summed E-state index contributed by atoms with van der Waals surface area (Å²) in [5.41, 5.74) is 1.37. The predicted octanol–water partition coefficient (Wildman–Crippen LogP) is 6.96. The fourth-order valence-corrected chi connectivity index (χ4v) is 4.48. The van der Waals surface area contributed by atoms with Gasteiger partial charge in [0, 0.05) is 11.3 Å². The number of hydrogen-bond donors (Lipinski definition) is 1. The van der Waals surface area contributed by atoms with Crippen molar-refractivity contribution in [2.45, 2.75) is 19.0 Å². The minimum absolute atomic E-state index is 0.0242. The lowest BCUT2D eigenvalue weighted by Gasteiger charge is -2.08. The summed E-state index contributed by atoms with van der Waals surface area (Å²) >= 11 is 7.55. The van der Waals surface area contributed by atoms with Crippen LogP contribution < -0.4 is 0 Å². The van der Waals surface area contributed by atoms with Gasteiger partial charge in [-0.25, -0.2) is 4.68 Å². The number of carboxylic acids is 1. The highest BCUT2D eigenvalue weighted by molar-refractivity contribution is 7.18. The third kappa shape index (κ3) is 4.71. The molecule has 4 rings (SSSR count). The van der Waals surface area contributed by atoms with E-state index in [2.05, 4.69) is 5.10 Å². The second-order valence-electron chi connectivity index (χ2n) is 7.03. The molecule has 0 bridgehead atoms. The Balaban J connectivity index is 1.75. The molecule has 2 heterocycles. The van der Waals surface area contributed by atoms with Gasteiger partial charge in [-0.3, -0.25) is 4.79 Å². The van der Waals surface area contributed by atoms with Crippen molar-refractivity contribution in [3.05, 3.63) is 83.0 Å². The highest BCUT2D eigenvalue weighted by Crippen LogP contribution is 2.39. The van der Waals surface area contributed by atoms with Crippen LogP contribution in [0.4, 0.5) is 13.2 Å². The van der Waals surface area contributed by atoms with Gasteiger partial charge in [-0.1, -0.05) is 48.0 Å². The lowest BCUT2D eigenvalue weighted by atomic mass is 10.1. The number of carbonyl (C=O) groups is 1. The predicted molar refractivity (Wildman–Crippen MR) is 118 cm³/mol. The van der Waals surface area contributed by atoms with Crippen molar-refractivity contribution in [1.82, 2.24) is 9.78 Å². The van der Waals surface area contributed by atoms with Gasteiger partial charge in [-0.15, -0.1) is 11.3 Å². The maximum atomic E-state index is 13.4. The Morgan fingerprint density at radius 3 is 2.50 bits per heavy atom. The number of aryl methyl sites for hydroxylation is 1. The third-order valence-electron chi connectivity index (χ3n) is 4.78. The van der Waals surface area contributed by atoms with Crippen molar-refractivity contribution in [1.29, 1.82) is 0 Å². The van der Waals surface area contributed by atoms with Crippen LogP contribution in [0.3, 0.4) is 0 Å². The van der Waals surface area contributed by atoms with Gasteiger partial charge in [-0.2, -0.15) is 18.3 Å². The van der Waals surface area contributed by atoms with Crippen LogP contribution in [0.25, 0.3) is 26.7 Å². The largest absolute Gasteiger partial charge is 0.481 e. The molecular weight excluding hydrogens is 461 g/mol. The Labute approximate surface area is 190 Å². The zero-order chi connectivity index (χ0) is 22.9. The standard InChI is InChI=1S/C23H16ClF3N2O2S/c24-16-6-1-2-7-17(16)29-18(13-21(28-29)23(25,26)27)20-10-9-19(32-20)15-5-3-4-14(12-15)8-11-22(30)31/h1-7,9-10,12-13H,8,11H2,(H,30,31). The number of hydrogen-bond acceptors (Lipinski definition) is 3. The number of alkyl halides is 3. The minimum Gasteiger partial charge on any atom is -0.481 e. The molecule has 0 spiro atoms. The first kappa shape index (κ1) is 22.1. The van der Waals surface area contributed by atoms with Crippen molar-refractivity contribution in [2.75, 3.05) is 0 Å². The Kier molecular flexibility index (Phi) is 6.08. The molecule has 9 heteroatoms. The first-order valence-corrected chi connectivity index (χ1v) is 10.8. The Bertz CT molecular complexity index is 1280. The molecule has 0 unspecified atom stereocenters. The fraction of sp³-hybridized carbons (Fsp3) is 0.130. The number of carboxylic acid groups (broad SMARTS) is 1. The molecule has 0 amide bonds. The molecule has 32 heavy (non-hydrogen) atoms. The molecule has 1 N–H and O–H groups in total. The summed E-state index contributed by atoms with van der Waals surface area (Å²) in [4.78, 5) is 12.3. The van der Waals surface area contributed by atoms with Crippen LogP contribution in [-0.2, 0) is 17.4 Å². The van der Waals surface area contributed by atoms with Crippen LogP contribution in [0, 0.1) is 0 Å². The highest BCUT2D eigenvalue weighted by Gasteiger charge is 2.35. The third-order valence-corrected chi connectivity index (χ3v) is 6.25. The summed E-state index contributed by atoms with van der Waals surface area (Å²) in [6.45, 7) is 0. The van der Waals surface area contributed by atoms with Crippen LogP contribution in [0.5, 0.6) is 0 Å². The van der Waals surface area contributed by atoms with E-state index in [1.165, 1.54) is 16.0 Å². The summed E-state index contributed by atoms with van der Waals surface area (Å²) in [5.74, 6) is -0.873. The molecule has 0 radical (unpaired) electrons. The van der Waals surface area contributed by atoms with Gasteiger partial charge in [0.2, 0.25) is 0 Å². The summed E-state index contributed by atoms with van der Waals surface area (Å²) in [6, 6.07) is 18.6. The molecule has 2 aromatic carbocycles. The molecule has 0 aliphatic rings. The molecule has 4 aromatic rings. The molecular formula is C23H16ClF3N2O2S. The summed E-state index contributed by atoms with van der Waals surface area (Å²) in [6.07, 6.45) is -4.17. The van der Waals surface area contributed by atoms with E-state index >= 15 is 0 Å². The van der Waals surface area contributed by atoms with Gasteiger partial charge in [0.1, 0.15) is 0 Å². The number of benzene rings is 2. The molecule has 0 saturated carbocycles. The summed E-state index contributed by atoms with van der Waals surface area (Å²) in [7, 11) is 0. The summed E-state index contributed by atoms with van der Waals surface area (Å²) < 4.78 is 41.4. The first-order chi connectivity index (χ1) is 15.2. The van der Waals surface area contributed by atoms with Crippen LogP contribution in [0.2, 0.25) is 5.02 Å². The van der Waals surface area contributed by atoms with E-state index in [9.17, 15) is 18.0 Å². The topological polar surface area (TPSA) is 55.1 Å². The van der Waals surface area contributed by atoms with Crippen LogP contribution in [0.15, 0.2) is 66.7 Å². The molecule has 164 valence electrons. The monoisotopic (exact) mass is 476 g/mol. The molecule has 2 aromatic heterocycles. The van der Waals surface area contributed by atoms with Crippen molar-refractivity contribution >= 4 is 28.9 Å². The van der Waals surface area contributed by atoms with Crippen LogP contribution in [-0.4, -0.2) is 20.9 Å². The molecule has 0 fully saturated rings. The number of thiophene rings is 1. The zero-order valence-electron chi connectivity index (χ0n) is 16.4. The lowest BCUT2D eigenvalue weighted by molar-refractivity contribution is -0.141. The number of aliphatic carboxylic acids is 1. The van der Waals surface area contributed by atoms with E-state index in [-0.39, 0.29) is 17.1 Å². The zero-order valence-corrected chi connectivity index (χ0v) is 18.0. The van der Waals surface area contributed by atoms with Gasteiger partial charge in [0.25, 0.3) is 0 Å². The van der Waals surface area contributed by atoms with Crippen molar-refractivity contribution in [3.8, 4) is 26.7 Å². The van der Waals surface area contributed by atoms with Gasteiger partial charge < -0.3 is 5.11 Å². The van der Waals surface area contributed by atoms with Crippen LogP contribution in [0.1, 0.15) is 17.7 Å². The van der Waals surface area contributed by atoms with Crippen molar-refractivity contribution < 1.29 is 23.1 Å². The normalized spacial score (nSPS) is 11.6. The maximum Gasteiger partial charge on any atom is 0.435 e. The second-order valence-corrected chi connectivity index (χ2v) is 8.52. The number of halogens is 4. The number of rotatable bonds is 6. The quantitative estimate of drug-likeness (QED) is 0.327. The van der Waals surface area contributed by atoms with Gasteiger partial charge in [-0.05, 0) is 47.9 Å². The Hall–Kier alpha value is -3.10. The maximum absolute atomic E-state index is 13.4. The number of para-hydroxylation sites is 1. The van der Waals surface area contributed by atoms with E-state index in [1.54, 1.807) is 30.3 Å². The summed E-state index contributed by atoms with van der Waals surface area (Å²) in [5, 5.41) is 13.0. The first-order valence-electron chi connectivity index (χ1n) is 9.56. The smallest absolute Gasteiger partial charge is 0.435 e. The van der Waals surface area contributed by atoms with Crippen molar-refractivity contribution in [2.24, 2.45) is 0 Å². The van der Waals surface area contributed by atoms with E-state index in [1.807, 2.05) is 30.3 Å². The van der Waals surface area contributed by atoms with Gasteiger partial charge in [0.05, 0.1) is 21.3 Å². The van der Waals surface area contributed by atoms with E-state index in [0.717, 1.165) is 22.1 Å². The molecule has 4 nitrogen and oxygen atoms in total. The Morgan fingerprint density at radius 2 is 1.78 bits per heavy atom. The highest BCUT2D eigenvalue weighted by atomic mass is 35.5. The SMILES string of the molecule is O=C(O)CCc1cccc(-c2ccc(-c3cc(C(F)(F)F)nn3-c3ccccc3Cl)s2)c1. The molecule has 0 saturated heterocycles. The Morgan fingerprint density at radius 1 is 1.03 bits per heavy atom. The van der Waals surface area contributed by atoms with Crippen LogP contribution >= 0.6 is 22.9 Å². The molecule has 0 aliphatic heterocycles.